The summed E-state index contributed by atoms with van der Waals surface area (Å²) in [5.41, 5.74) is -0.474. The van der Waals surface area contributed by atoms with Crippen molar-refractivity contribution in [2.75, 3.05) is 13.2 Å². The van der Waals surface area contributed by atoms with Gasteiger partial charge in [-0.1, -0.05) is 0 Å². The van der Waals surface area contributed by atoms with E-state index in [-0.39, 0.29) is 22.7 Å². The number of carbonyl (C=O) groups is 1. The highest BCUT2D eigenvalue weighted by molar-refractivity contribution is 5.92. The zero-order chi connectivity index (χ0) is 12.3. The van der Waals surface area contributed by atoms with Crippen molar-refractivity contribution in [1.29, 1.82) is 0 Å². The van der Waals surface area contributed by atoms with E-state index in [9.17, 15) is 9.59 Å². The molecule has 0 bridgehead atoms. The minimum atomic E-state index is -0.354. The van der Waals surface area contributed by atoms with E-state index in [0.29, 0.717) is 6.61 Å². The van der Waals surface area contributed by atoms with E-state index in [0.717, 1.165) is 19.4 Å². The van der Waals surface area contributed by atoms with Gasteiger partial charge in [-0.2, -0.15) is 5.10 Å². The maximum atomic E-state index is 11.9. The maximum absolute atomic E-state index is 11.9. The fourth-order valence-electron chi connectivity index (χ4n) is 1.84. The quantitative estimate of drug-likeness (QED) is 0.762. The first-order valence-corrected chi connectivity index (χ1v) is 5.55. The molecule has 0 aromatic carbocycles. The fourth-order valence-corrected chi connectivity index (χ4v) is 1.84. The van der Waals surface area contributed by atoms with Crippen LogP contribution in [-0.4, -0.2) is 34.9 Å². The number of nitrogens with one attached hydrogen (secondary N) is 2. The molecule has 0 aliphatic carbocycles. The molecule has 17 heavy (non-hydrogen) atoms. The van der Waals surface area contributed by atoms with Crippen molar-refractivity contribution in [2.24, 2.45) is 0 Å². The minimum absolute atomic E-state index is 0.205. The standard InChI is InChI=1S/C11H15N3O3/c1-11(5-2-6-17-7-11)12-10(16)8-3-4-9(15)14-13-8/h3-4H,2,5-7H2,1H3,(H,12,16)(H,14,15). The number of H-pyrrole nitrogens is 1. The number of rotatable bonds is 2. The van der Waals surface area contributed by atoms with Crippen LogP contribution < -0.4 is 10.9 Å². The third-order valence-electron chi connectivity index (χ3n) is 2.76. The highest BCUT2D eigenvalue weighted by Crippen LogP contribution is 2.18. The zero-order valence-electron chi connectivity index (χ0n) is 9.66. The van der Waals surface area contributed by atoms with E-state index in [1.807, 2.05) is 6.92 Å². The van der Waals surface area contributed by atoms with E-state index in [1.165, 1.54) is 12.1 Å². The van der Waals surface area contributed by atoms with Crippen LogP contribution >= 0.6 is 0 Å². The van der Waals surface area contributed by atoms with Crippen LogP contribution in [0.25, 0.3) is 0 Å². The lowest BCUT2D eigenvalue weighted by molar-refractivity contribution is 0.0271. The molecule has 0 saturated carbocycles. The van der Waals surface area contributed by atoms with Crippen LogP contribution in [0, 0.1) is 0 Å². The van der Waals surface area contributed by atoms with Crippen LogP contribution in [0.2, 0.25) is 0 Å². The highest BCUT2D eigenvalue weighted by atomic mass is 16.5. The van der Waals surface area contributed by atoms with Crippen molar-refractivity contribution in [2.45, 2.75) is 25.3 Å². The van der Waals surface area contributed by atoms with Gasteiger partial charge in [0.05, 0.1) is 12.1 Å². The van der Waals surface area contributed by atoms with Gasteiger partial charge in [-0.05, 0) is 25.8 Å². The molecule has 2 rings (SSSR count). The second kappa shape index (κ2) is 4.67. The Labute approximate surface area is 98.4 Å². The van der Waals surface area contributed by atoms with Gasteiger partial charge in [-0.25, -0.2) is 5.10 Å². The van der Waals surface area contributed by atoms with E-state index in [2.05, 4.69) is 15.5 Å². The summed E-state index contributed by atoms with van der Waals surface area (Å²) < 4.78 is 5.35. The van der Waals surface area contributed by atoms with Gasteiger partial charge >= 0.3 is 0 Å². The number of aromatic amines is 1. The largest absolute Gasteiger partial charge is 0.379 e. The molecule has 1 unspecified atom stereocenters. The van der Waals surface area contributed by atoms with Crippen LogP contribution in [-0.2, 0) is 4.74 Å². The Morgan fingerprint density at radius 2 is 2.41 bits per heavy atom. The molecule has 1 aromatic rings. The molecule has 6 heteroatoms. The number of hydrogen-bond donors (Lipinski definition) is 2. The van der Waals surface area contributed by atoms with Crippen molar-refractivity contribution in [3.05, 3.63) is 28.2 Å². The summed E-state index contributed by atoms with van der Waals surface area (Å²) in [7, 11) is 0. The van der Waals surface area contributed by atoms with Gasteiger partial charge in [0.1, 0.15) is 5.69 Å². The molecule has 1 aliphatic rings. The van der Waals surface area contributed by atoms with Gasteiger partial charge in [0.15, 0.2) is 0 Å². The lowest BCUT2D eigenvalue weighted by Gasteiger charge is -2.34. The van der Waals surface area contributed by atoms with Gasteiger partial charge in [-0.15, -0.1) is 0 Å². The normalized spacial score (nSPS) is 24.3. The number of hydrogen-bond acceptors (Lipinski definition) is 4. The molecule has 1 atom stereocenters. The average molecular weight is 237 g/mol. The van der Waals surface area contributed by atoms with Gasteiger partial charge in [0.25, 0.3) is 11.5 Å². The molecule has 92 valence electrons. The maximum Gasteiger partial charge on any atom is 0.272 e. The Kier molecular flexibility index (Phi) is 3.23. The molecule has 0 spiro atoms. The van der Waals surface area contributed by atoms with Crippen molar-refractivity contribution in [3.63, 3.8) is 0 Å². The summed E-state index contributed by atoms with van der Waals surface area (Å²) in [6, 6.07) is 2.68. The smallest absolute Gasteiger partial charge is 0.272 e. The summed E-state index contributed by atoms with van der Waals surface area (Å²) in [6.07, 6.45) is 1.80. The van der Waals surface area contributed by atoms with Crippen LogP contribution in [0.3, 0.4) is 0 Å². The van der Waals surface area contributed by atoms with E-state index in [4.69, 9.17) is 4.74 Å². The van der Waals surface area contributed by atoms with Crippen LogP contribution in [0.4, 0.5) is 0 Å². The van der Waals surface area contributed by atoms with Crippen molar-refractivity contribution < 1.29 is 9.53 Å². The molecule has 1 aromatic heterocycles. The fraction of sp³-hybridized carbons (Fsp3) is 0.545. The Morgan fingerprint density at radius 3 is 3.00 bits per heavy atom. The first-order valence-electron chi connectivity index (χ1n) is 5.55. The van der Waals surface area contributed by atoms with Gasteiger partial charge in [0, 0.05) is 12.7 Å². The topological polar surface area (TPSA) is 84.1 Å². The summed E-state index contributed by atoms with van der Waals surface area (Å²) in [4.78, 5) is 22.7. The molecular weight excluding hydrogens is 222 g/mol. The first kappa shape index (κ1) is 11.8. The third-order valence-corrected chi connectivity index (χ3v) is 2.76. The Morgan fingerprint density at radius 1 is 1.59 bits per heavy atom. The molecule has 0 radical (unpaired) electrons. The van der Waals surface area contributed by atoms with Crippen LogP contribution in [0.5, 0.6) is 0 Å². The van der Waals surface area contributed by atoms with Crippen molar-refractivity contribution >= 4 is 5.91 Å². The second-order valence-corrected chi connectivity index (χ2v) is 4.48. The summed E-state index contributed by atoms with van der Waals surface area (Å²) in [5.74, 6) is -0.297. The van der Waals surface area contributed by atoms with Crippen LogP contribution in [0.1, 0.15) is 30.3 Å². The number of carbonyl (C=O) groups excluding carboxylic acids is 1. The number of nitrogens with zero attached hydrogens (tertiary/aromatic N) is 1. The zero-order valence-corrected chi connectivity index (χ0v) is 9.66. The highest BCUT2D eigenvalue weighted by Gasteiger charge is 2.29. The number of aromatic nitrogens is 2. The van der Waals surface area contributed by atoms with E-state index >= 15 is 0 Å². The molecule has 1 aliphatic heterocycles. The Bertz CT molecular complexity index is 443. The van der Waals surface area contributed by atoms with Gasteiger partial charge < -0.3 is 10.1 Å². The first-order chi connectivity index (χ1) is 8.09. The lowest BCUT2D eigenvalue weighted by Crippen LogP contribution is -2.51. The van der Waals surface area contributed by atoms with Crippen molar-refractivity contribution in [3.8, 4) is 0 Å². The molecule has 1 saturated heterocycles. The minimum Gasteiger partial charge on any atom is -0.379 e. The van der Waals surface area contributed by atoms with Crippen LogP contribution in [0.15, 0.2) is 16.9 Å². The summed E-state index contributed by atoms with van der Waals surface area (Å²) in [6.45, 7) is 3.18. The van der Waals surface area contributed by atoms with E-state index < -0.39 is 0 Å². The number of ether oxygens (including phenoxy) is 1. The van der Waals surface area contributed by atoms with E-state index in [1.54, 1.807) is 0 Å². The van der Waals surface area contributed by atoms with Gasteiger partial charge in [-0.3, -0.25) is 9.59 Å². The van der Waals surface area contributed by atoms with Crippen molar-refractivity contribution in [1.82, 2.24) is 15.5 Å². The molecular formula is C11H15N3O3. The summed E-state index contributed by atoms with van der Waals surface area (Å²) >= 11 is 0. The lowest BCUT2D eigenvalue weighted by atomic mass is 9.95. The van der Waals surface area contributed by atoms with Gasteiger partial charge in [0.2, 0.25) is 0 Å². The molecule has 2 N–H and O–H groups in total. The molecule has 6 nitrogen and oxygen atoms in total. The molecule has 1 amide bonds. The second-order valence-electron chi connectivity index (χ2n) is 4.48. The molecule has 1 fully saturated rings. The summed E-state index contributed by atoms with van der Waals surface area (Å²) in [5, 5.41) is 8.80. The Hall–Kier alpha value is -1.69. The monoisotopic (exact) mass is 237 g/mol. The predicted octanol–water partition coefficient (Wildman–Crippen LogP) is 0.0688. The Balaban J connectivity index is 2.05. The SMILES string of the molecule is CC1(NC(=O)c2ccc(=O)[nH]n2)CCCOC1. The number of amides is 1. The third kappa shape index (κ3) is 2.91. The average Bonchev–Trinajstić information content (AvgIpc) is 2.30. The predicted molar refractivity (Wildman–Crippen MR) is 60.8 cm³/mol. The molecule has 2 heterocycles.